The summed E-state index contributed by atoms with van der Waals surface area (Å²) in [4.78, 5) is 31.6. The molecule has 5 heteroatoms. The third kappa shape index (κ3) is 6.99. The van der Waals surface area contributed by atoms with E-state index >= 15 is 0 Å². The fraction of sp³-hybridized carbons (Fsp3) is 0.625. The Bertz CT molecular complexity index is 212. The van der Waals surface area contributed by atoms with E-state index < -0.39 is 11.9 Å². The van der Waals surface area contributed by atoms with Gasteiger partial charge in [-0.2, -0.15) is 0 Å². The van der Waals surface area contributed by atoms with E-state index in [2.05, 4.69) is 5.32 Å². The van der Waals surface area contributed by atoms with E-state index in [1.54, 1.807) is 6.92 Å². The van der Waals surface area contributed by atoms with Crippen LogP contribution in [0.2, 0.25) is 0 Å². The summed E-state index contributed by atoms with van der Waals surface area (Å²) >= 11 is 0. The van der Waals surface area contributed by atoms with Gasteiger partial charge < -0.3 is 10.4 Å². The first-order chi connectivity index (χ1) is 6.06. The number of carbonyl (C=O) groups excluding carboxylic acids is 2. The van der Waals surface area contributed by atoms with Crippen molar-refractivity contribution in [2.24, 2.45) is 0 Å². The number of rotatable bonds is 6. The van der Waals surface area contributed by atoms with Gasteiger partial charge in [-0.15, -0.1) is 0 Å². The van der Waals surface area contributed by atoms with Crippen molar-refractivity contribution in [3.05, 3.63) is 0 Å². The molecule has 0 atom stereocenters. The lowest BCUT2D eigenvalue weighted by Gasteiger charge is -2.01. The monoisotopic (exact) mass is 187 g/mol. The fourth-order valence-corrected chi connectivity index (χ4v) is 0.631. The van der Waals surface area contributed by atoms with E-state index in [1.165, 1.54) is 0 Å². The van der Waals surface area contributed by atoms with Crippen LogP contribution >= 0.6 is 0 Å². The average molecular weight is 187 g/mol. The Hall–Kier alpha value is -1.39. The van der Waals surface area contributed by atoms with Crippen LogP contribution in [0.1, 0.15) is 26.2 Å². The van der Waals surface area contributed by atoms with Crippen molar-refractivity contribution in [3.8, 4) is 0 Å². The molecule has 13 heavy (non-hydrogen) atoms. The van der Waals surface area contributed by atoms with E-state index in [1.807, 2.05) is 0 Å². The maximum absolute atomic E-state index is 10.8. The third-order valence-electron chi connectivity index (χ3n) is 1.44. The lowest BCUT2D eigenvalue weighted by molar-refractivity contribution is -0.138. The summed E-state index contributed by atoms with van der Waals surface area (Å²) in [7, 11) is 0. The highest BCUT2D eigenvalue weighted by Gasteiger charge is 2.05. The second kappa shape index (κ2) is 6.16. The lowest BCUT2D eigenvalue weighted by atomic mass is 10.2. The molecule has 0 fully saturated rings. The van der Waals surface area contributed by atoms with Gasteiger partial charge in [0.1, 0.15) is 0 Å². The number of amides is 1. The molecule has 74 valence electrons. The summed E-state index contributed by atoms with van der Waals surface area (Å²) in [5.41, 5.74) is 0. The smallest absolute Gasteiger partial charge is 0.303 e. The molecule has 0 aliphatic heterocycles. The molecule has 0 aromatic carbocycles. The van der Waals surface area contributed by atoms with Crippen molar-refractivity contribution >= 4 is 17.7 Å². The van der Waals surface area contributed by atoms with Gasteiger partial charge in [-0.3, -0.25) is 14.4 Å². The number of Topliss-reactive ketones (excluding diaryl/α,β-unsaturated/α-hetero) is 1. The molecule has 0 aliphatic rings. The van der Waals surface area contributed by atoms with E-state index in [9.17, 15) is 14.4 Å². The maximum Gasteiger partial charge on any atom is 0.303 e. The number of carboxylic acids is 1. The number of nitrogens with one attached hydrogen (secondary N) is 1. The van der Waals surface area contributed by atoms with E-state index in [4.69, 9.17) is 5.11 Å². The van der Waals surface area contributed by atoms with E-state index in [0.29, 0.717) is 6.42 Å². The molecule has 0 rings (SSSR count). The SMILES string of the molecule is CCC(=O)CNC(=O)CCC(=O)O. The Labute approximate surface area is 76.1 Å². The van der Waals surface area contributed by atoms with E-state index in [-0.39, 0.29) is 25.2 Å². The Morgan fingerprint density at radius 1 is 1.23 bits per heavy atom. The van der Waals surface area contributed by atoms with Crippen LogP contribution < -0.4 is 5.32 Å². The number of carboxylic acid groups (broad SMARTS) is 1. The van der Waals surface area contributed by atoms with Crippen LogP contribution in [-0.4, -0.2) is 29.3 Å². The minimum Gasteiger partial charge on any atom is -0.481 e. The second-order valence-corrected chi connectivity index (χ2v) is 2.56. The molecule has 5 nitrogen and oxygen atoms in total. The largest absolute Gasteiger partial charge is 0.481 e. The molecule has 0 aliphatic carbocycles. The normalized spacial score (nSPS) is 9.31. The predicted molar refractivity (Wildman–Crippen MR) is 45.2 cm³/mol. The molecule has 0 aromatic rings. The van der Waals surface area contributed by atoms with Crippen molar-refractivity contribution in [2.75, 3.05) is 6.54 Å². The Morgan fingerprint density at radius 3 is 2.31 bits per heavy atom. The molecular formula is C8H13NO4. The minimum absolute atomic E-state index is 0.00501. The van der Waals surface area contributed by atoms with Crippen LogP contribution in [0.15, 0.2) is 0 Å². The molecule has 0 saturated carbocycles. The van der Waals surface area contributed by atoms with Gasteiger partial charge in [0.05, 0.1) is 13.0 Å². The summed E-state index contributed by atoms with van der Waals surface area (Å²) in [6, 6.07) is 0. The predicted octanol–water partition coefficient (Wildman–Crippen LogP) is -0.0535. The van der Waals surface area contributed by atoms with Gasteiger partial charge >= 0.3 is 5.97 Å². The zero-order valence-corrected chi connectivity index (χ0v) is 7.50. The lowest BCUT2D eigenvalue weighted by Crippen LogP contribution is -2.29. The molecule has 0 radical (unpaired) electrons. The zero-order valence-electron chi connectivity index (χ0n) is 7.50. The zero-order chi connectivity index (χ0) is 10.3. The van der Waals surface area contributed by atoms with Gasteiger partial charge in [0.15, 0.2) is 5.78 Å². The quantitative estimate of drug-likeness (QED) is 0.610. The first-order valence-electron chi connectivity index (χ1n) is 4.06. The van der Waals surface area contributed by atoms with Gasteiger partial charge in [0, 0.05) is 12.8 Å². The summed E-state index contributed by atoms with van der Waals surface area (Å²) in [6.07, 6.45) is 0.0949. The highest BCUT2D eigenvalue weighted by molar-refractivity contribution is 5.86. The number of hydrogen-bond acceptors (Lipinski definition) is 3. The van der Waals surface area contributed by atoms with Crippen LogP contribution in [0.5, 0.6) is 0 Å². The van der Waals surface area contributed by atoms with E-state index in [0.717, 1.165) is 0 Å². The molecule has 0 heterocycles. The molecule has 0 aromatic heterocycles. The fourth-order valence-electron chi connectivity index (χ4n) is 0.631. The van der Waals surface area contributed by atoms with Crippen molar-refractivity contribution in [3.63, 3.8) is 0 Å². The summed E-state index contributed by atoms with van der Waals surface area (Å²) < 4.78 is 0. The van der Waals surface area contributed by atoms with Gasteiger partial charge in [-0.05, 0) is 0 Å². The Kier molecular flexibility index (Phi) is 5.50. The first kappa shape index (κ1) is 11.6. The number of aliphatic carboxylic acids is 1. The van der Waals surface area contributed by atoms with Crippen molar-refractivity contribution in [1.82, 2.24) is 5.32 Å². The van der Waals surface area contributed by atoms with Gasteiger partial charge in [0.25, 0.3) is 0 Å². The Morgan fingerprint density at radius 2 is 1.85 bits per heavy atom. The molecule has 1 amide bonds. The van der Waals surface area contributed by atoms with Crippen LogP contribution in [0.3, 0.4) is 0 Å². The van der Waals surface area contributed by atoms with Gasteiger partial charge in [0.2, 0.25) is 5.91 Å². The summed E-state index contributed by atoms with van der Waals surface area (Å²) in [6.45, 7) is 1.70. The van der Waals surface area contributed by atoms with Gasteiger partial charge in [-0.1, -0.05) is 6.92 Å². The standard InChI is InChI=1S/C8H13NO4/c1-2-6(10)5-9-7(11)3-4-8(12)13/h2-5H2,1H3,(H,9,11)(H,12,13). The van der Waals surface area contributed by atoms with Gasteiger partial charge in [-0.25, -0.2) is 0 Å². The van der Waals surface area contributed by atoms with Crippen LogP contribution in [-0.2, 0) is 14.4 Å². The van der Waals surface area contributed by atoms with Crippen LogP contribution in [0.4, 0.5) is 0 Å². The Balaban J connectivity index is 3.52. The number of hydrogen-bond donors (Lipinski definition) is 2. The van der Waals surface area contributed by atoms with Crippen molar-refractivity contribution in [2.45, 2.75) is 26.2 Å². The topological polar surface area (TPSA) is 83.5 Å². The third-order valence-corrected chi connectivity index (χ3v) is 1.44. The molecule has 0 unspecified atom stereocenters. The van der Waals surface area contributed by atoms with Crippen molar-refractivity contribution < 1.29 is 19.5 Å². The van der Waals surface area contributed by atoms with Crippen molar-refractivity contribution in [1.29, 1.82) is 0 Å². The maximum atomic E-state index is 10.8. The highest BCUT2D eigenvalue weighted by atomic mass is 16.4. The minimum atomic E-state index is -1.02. The van der Waals surface area contributed by atoms with Crippen LogP contribution in [0, 0.1) is 0 Å². The molecule has 0 bridgehead atoms. The van der Waals surface area contributed by atoms with Crippen LogP contribution in [0.25, 0.3) is 0 Å². The molecule has 0 spiro atoms. The average Bonchev–Trinajstić information content (AvgIpc) is 2.10. The number of carbonyl (C=O) groups is 3. The number of ketones is 1. The molecule has 2 N–H and O–H groups in total. The summed E-state index contributed by atoms with van der Waals surface area (Å²) in [5, 5.41) is 10.6. The first-order valence-corrected chi connectivity index (χ1v) is 4.06. The summed E-state index contributed by atoms with van der Waals surface area (Å²) in [5.74, 6) is -1.48. The second-order valence-electron chi connectivity index (χ2n) is 2.56. The highest BCUT2D eigenvalue weighted by Crippen LogP contribution is 1.88. The molecular weight excluding hydrogens is 174 g/mol. The molecule has 0 saturated heterocycles.